The minimum Gasteiger partial charge on any atom is -0.508 e. The number of allylic oxidation sites excluding steroid dienone is 2. The van der Waals surface area contributed by atoms with Crippen LogP contribution in [0.25, 0.3) is 27.4 Å². The number of hydrazone groups is 1. The molecule has 1 fully saturated rings. The molecule has 0 saturated carbocycles. The van der Waals surface area contributed by atoms with Gasteiger partial charge in [-0.25, -0.2) is 4.39 Å². The van der Waals surface area contributed by atoms with Crippen LogP contribution in [0.5, 0.6) is 28.7 Å². The van der Waals surface area contributed by atoms with Crippen molar-refractivity contribution in [1.29, 1.82) is 0 Å². The normalized spacial score (nSPS) is 29.4. The molecule has 0 spiro atoms. The van der Waals surface area contributed by atoms with Crippen LogP contribution in [0.3, 0.4) is 0 Å². The van der Waals surface area contributed by atoms with Crippen molar-refractivity contribution in [3.8, 4) is 28.7 Å². The van der Waals surface area contributed by atoms with E-state index in [1.165, 1.54) is 59.4 Å². The molecule has 2 unspecified atom stereocenters. The van der Waals surface area contributed by atoms with Crippen LogP contribution in [0.2, 0.25) is 0 Å². The Kier molecular flexibility index (Phi) is 15.7. The van der Waals surface area contributed by atoms with E-state index in [4.69, 9.17) is 28.8 Å². The third-order valence-corrected chi connectivity index (χ3v) is 15.7. The number of aliphatic hydroxyl groups is 3. The van der Waals surface area contributed by atoms with E-state index in [0.717, 1.165) is 12.3 Å². The maximum absolute atomic E-state index is 16.3. The summed E-state index contributed by atoms with van der Waals surface area (Å²) < 4.78 is 48.0. The van der Waals surface area contributed by atoms with E-state index in [9.17, 15) is 49.8 Å². The molecule has 78 heavy (non-hydrogen) atoms. The highest BCUT2D eigenvalue weighted by Gasteiger charge is 2.50. The summed E-state index contributed by atoms with van der Waals surface area (Å²) >= 11 is 0. The number of hydrogen-bond acceptors (Lipinski definition) is 18. The van der Waals surface area contributed by atoms with Gasteiger partial charge in [0, 0.05) is 80.4 Å². The number of methoxy groups -OCH3 is 1. The molecule has 0 radical (unpaired) electrons. The van der Waals surface area contributed by atoms with Crippen molar-refractivity contribution in [3.63, 3.8) is 0 Å². The number of ketones is 1. The Bertz CT molecular complexity index is 3310. The predicted octanol–water partition coefficient (Wildman–Crippen LogP) is 7.23. The highest BCUT2D eigenvalue weighted by molar-refractivity contribution is 6.24. The quantitative estimate of drug-likeness (QED) is 0.0330. The molecule has 20 nitrogen and oxygen atoms in total. The first-order valence-electron chi connectivity index (χ1n) is 25.8. The molecular weight excluding hydrogens is 1010 g/mol. The fourth-order valence-corrected chi connectivity index (χ4v) is 11.0. The number of phenols is 3. The van der Waals surface area contributed by atoms with Crippen molar-refractivity contribution in [2.45, 2.75) is 112 Å². The van der Waals surface area contributed by atoms with Crippen LogP contribution in [-0.2, 0) is 23.8 Å². The summed E-state index contributed by atoms with van der Waals surface area (Å²) in [6.45, 7) is 20.1. The molecule has 4 aromatic rings. The van der Waals surface area contributed by atoms with Crippen LogP contribution in [0, 0.1) is 36.4 Å². The number of aromatic hydroxyl groups is 3. The maximum Gasteiger partial charge on any atom is 0.312 e. The monoisotopic (exact) mass is 1080 g/mol. The first-order chi connectivity index (χ1) is 36.7. The number of Topliss-reactive ketones (excluding diaryl/α,β-unsaturated/α-hetero) is 1. The molecule has 21 heteroatoms. The van der Waals surface area contributed by atoms with E-state index < -0.39 is 117 Å². The van der Waals surface area contributed by atoms with Gasteiger partial charge in [0.1, 0.15) is 41.4 Å². The molecule has 9 rings (SSSR count). The number of nitrogens with one attached hydrogen (secondary N) is 1. The Balaban J connectivity index is 1.21. The van der Waals surface area contributed by atoms with E-state index >= 15 is 4.39 Å². The number of aromatic nitrogens is 1. The number of fused-ring (bicyclic) bond motifs is 14. The number of benzene rings is 3. The number of rotatable bonds is 6. The van der Waals surface area contributed by atoms with Gasteiger partial charge in [-0.1, -0.05) is 52.5 Å². The van der Waals surface area contributed by atoms with Gasteiger partial charge in [0.25, 0.3) is 11.7 Å². The smallest absolute Gasteiger partial charge is 0.312 e. The number of carbonyl (C=O) groups is 3. The number of ether oxygens (including phenoxy) is 5. The lowest BCUT2D eigenvalue weighted by atomic mass is 9.78. The number of esters is 1. The van der Waals surface area contributed by atoms with E-state index in [2.05, 4.69) is 11.9 Å². The second-order valence-electron chi connectivity index (χ2n) is 21.1. The number of halogens is 1. The summed E-state index contributed by atoms with van der Waals surface area (Å²) in [5.41, 5.74) is -1.02. The van der Waals surface area contributed by atoms with Gasteiger partial charge < -0.3 is 69.1 Å². The average Bonchev–Trinajstić information content (AvgIpc) is 3.73. The van der Waals surface area contributed by atoms with Crippen LogP contribution in [-0.4, -0.2) is 134 Å². The molecule has 11 atom stereocenters. The van der Waals surface area contributed by atoms with Crippen LogP contribution in [0.15, 0.2) is 64.9 Å². The van der Waals surface area contributed by atoms with Crippen LogP contribution < -0.4 is 25.1 Å². The average molecular weight is 1080 g/mol. The molecule has 3 aromatic carbocycles. The van der Waals surface area contributed by atoms with Crippen molar-refractivity contribution < 1.29 is 73.1 Å². The lowest BCUT2D eigenvalue weighted by molar-refractivity contribution is -0.160. The third kappa shape index (κ3) is 9.87. The molecule has 6 heterocycles. The van der Waals surface area contributed by atoms with E-state index in [1.54, 1.807) is 54.3 Å². The molecule has 1 amide bonds. The van der Waals surface area contributed by atoms with Gasteiger partial charge in [0.15, 0.2) is 17.3 Å². The standard InChI is InChI=1S/C57H68FN5O15/c1-25-14-13-15-26(2)56(73)60-43-36(21-59-63-18-17-61(22-27(63)3)45-38(58)20-35-44-54(45)75-24-28(4)62(44)23-37(33(9)64)49(35)69)50(70)40-41(51(43)71)48(68)32(8)53-42(40)55(72)57(11,78-53)76-19-16-39(74-12)29(5)52(77-34(10)65)31(7)47(67)30(6)46(25)66/h13-16,19-21,23,25,27-31,39,46-47,52,64,66-68,70-71H,9,17-18,22,24H2,1-8,10-12H3,(H,60,73)/b14-13+,19-16+,26-15-,59-21+/t25-,27?,28?,29+,30+,31+,39-,46-,47+,52+,57-/m0/s1. The van der Waals surface area contributed by atoms with Gasteiger partial charge in [-0.3, -0.25) is 24.2 Å². The Hall–Kier alpha value is -7.62. The second kappa shape index (κ2) is 21.7. The summed E-state index contributed by atoms with van der Waals surface area (Å²) in [5, 5.41) is 78.2. The summed E-state index contributed by atoms with van der Waals surface area (Å²) in [5.74, 6) is -10.3. The van der Waals surface area contributed by atoms with Gasteiger partial charge in [0.2, 0.25) is 5.43 Å². The second-order valence-corrected chi connectivity index (χ2v) is 21.1. The number of hydrogen-bond donors (Lipinski definition) is 7. The van der Waals surface area contributed by atoms with Crippen molar-refractivity contribution in [2.24, 2.45) is 28.8 Å². The molecule has 1 aromatic heterocycles. The van der Waals surface area contributed by atoms with Crippen molar-refractivity contribution in [3.05, 3.63) is 93.3 Å². The summed E-state index contributed by atoms with van der Waals surface area (Å²) in [6.07, 6.45) is 5.84. The number of amides is 1. The topological polar surface area (TPSA) is 272 Å². The molecule has 5 aliphatic heterocycles. The number of piperazine rings is 1. The fourth-order valence-electron chi connectivity index (χ4n) is 11.0. The summed E-state index contributed by atoms with van der Waals surface area (Å²) in [6, 6.07) is 0.378. The molecular formula is C57H68FN5O15. The number of aliphatic hydroxyl groups excluding tert-OH is 3. The van der Waals surface area contributed by atoms with E-state index in [1.807, 2.05) is 13.8 Å². The Labute approximate surface area is 449 Å². The molecule has 7 N–H and O–H groups in total. The SMILES string of the molecule is C=C(O)c1cn2c3c(c(N4CCN(/N=C/c5c6c(O)c7c(O)c(C)c8c(c7c5O)C(=O)[C@@](C)(O/C=C/[C@H](OC)[C@@H](C)[C@@H](OC(C)=O)[C@H](C)[C@H](O)[C@H](C)[C@@H](O)[C@@H](C)/C=C/C=C(/C)C(=O)N6)O8)C(C)C4)c(F)cc3c1=O)OCC2C. The summed E-state index contributed by atoms with van der Waals surface area (Å²) in [7, 11) is 1.41. The van der Waals surface area contributed by atoms with Crippen LogP contribution in [0.4, 0.5) is 15.8 Å². The number of pyridine rings is 1. The minimum atomic E-state index is -2.14. The van der Waals surface area contributed by atoms with Crippen molar-refractivity contribution in [1.82, 2.24) is 9.58 Å². The van der Waals surface area contributed by atoms with Gasteiger partial charge in [-0.05, 0) is 39.8 Å². The van der Waals surface area contributed by atoms with Gasteiger partial charge >= 0.3 is 11.8 Å². The number of carbonyl (C=O) groups excluding carboxylic acids is 3. The van der Waals surface area contributed by atoms with E-state index in [-0.39, 0.29) is 93.8 Å². The molecule has 0 aliphatic carbocycles. The Morgan fingerprint density at radius 1 is 0.949 bits per heavy atom. The van der Waals surface area contributed by atoms with Gasteiger partial charge in [-0.2, -0.15) is 5.10 Å². The van der Waals surface area contributed by atoms with Crippen molar-refractivity contribution >= 4 is 62.7 Å². The maximum atomic E-state index is 16.3. The van der Waals surface area contributed by atoms with Gasteiger partial charge in [-0.15, -0.1) is 0 Å². The zero-order valence-electron chi connectivity index (χ0n) is 45.5. The highest BCUT2D eigenvalue weighted by atomic mass is 19.1. The lowest BCUT2D eigenvalue weighted by Gasteiger charge is -2.40. The number of phenolic OH excluding ortho intramolecular Hbond substituents is 3. The van der Waals surface area contributed by atoms with Gasteiger partial charge in [0.05, 0.1) is 88.1 Å². The molecule has 5 aliphatic rings. The summed E-state index contributed by atoms with van der Waals surface area (Å²) in [4.78, 5) is 56.5. The fraction of sp³-hybridized carbons (Fsp3) is 0.456. The van der Waals surface area contributed by atoms with Crippen molar-refractivity contribution in [2.75, 3.05) is 43.6 Å². The van der Waals surface area contributed by atoms with E-state index in [0.29, 0.717) is 5.52 Å². The van der Waals surface area contributed by atoms with Crippen LogP contribution in [0.1, 0.15) is 95.4 Å². The first-order valence-corrected chi connectivity index (χ1v) is 25.8. The third-order valence-electron chi connectivity index (χ3n) is 15.7. The number of anilines is 2. The highest BCUT2D eigenvalue weighted by Crippen LogP contribution is 2.55. The Morgan fingerprint density at radius 3 is 2.31 bits per heavy atom. The largest absolute Gasteiger partial charge is 0.508 e. The number of nitrogens with zero attached hydrogens (tertiary/aromatic N) is 4. The zero-order valence-corrected chi connectivity index (χ0v) is 45.5. The minimum absolute atomic E-state index is 0.0133. The lowest BCUT2D eigenvalue weighted by Crippen LogP contribution is -2.50. The molecule has 418 valence electrons. The first kappa shape index (κ1) is 56.6. The van der Waals surface area contributed by atoms with Crippen LogP contribution >= 0.6 is 0 Å². The zero-order chi connectivity index (χ0) is 57.1. The Morgan fingerprint density at radius 2 is 1.65 bits per heavy atom. The predicted molar refractivity (Wildman–Crippen MR) is 290 cm³/mol. The molecule has 1 saturated heterocycles. The molecule has 5 bridgehead atoms.